The Kier molecular flexibility index (Phi) is 5.12. The van der Waals surface area contributed by atoms with Gasteiger partial charge in [-0.2, -0.15) is 0 Å². The van der Waals surface area contributed by atoms with Crippen LogP contribution in [0.4, 0.5) is 4.79 Å². The number of piperazine rings is 2. The summed E-state index contributed by atoms with van der Waals surface area (Å²) in [6.45, 7) is 10.1. The quantitative estimate of drug-likeness (QED) is 0.634. The Balaban J connectivity index is 1.58. The van der Waals surface area contributed by atoms with Gasteiger partial charge in [0.15, 0.2) is 0 Å². The van der Waals surface area contributed by atoms with Gasteiger partial charge in [0.25, 0.3) is 0 Å². The number of nitrogens with zero attached hydrogens (tertiary/aromatic N) is 3. The molecule has 1 N–H and O–H groups in total. The van der Waals surface area contributed by atoms with Gasteiger partial charge in [-0.3, -0.25) is 9.80 Å². The van der Waals surface area contributed by atoms with Crippen LogP contribution in [0.25, 0.3) is 0 Å². The van der Waals surface area contributed by atoms with E-state index in [0.29, 0.717) is 18.7 Å². The highest BCUT2D eigenvalue weighted by Crippen LogP contribution is 2.32. The second kappa shape index (κ2) is 7.56. The molecule has 7 heteroatoms. The number of carbonyl (C=O) groups is 2. The molecule has 28 heavy (non-hydrogen) atoms. The number of cyclic esters (lactones) is 1. The number of hydrogen-bond acceptors (Lipinski definition) is 5. The average molecular weight is 385 g/mol. The second-order valence-corrected chi connectivity index (χ2v) is 7.97. The van der Waals surface area contributed by atoms with Gasteiger partial charge in [-0.05, 0) is 24.1 Å². The first kappa shape index (κ1) is 19.0. The SMILES string of the molecule is C=CCN1CC2CN(C(=O)O)CCN2CC1c1ccc2c(c1)C[C@@H](C)OC2=O. The first-order valence-corrected chi connectivity index (χ1v) is 9.87. The second-order valence-electron chi connectivity index (χ2n) is 7.97. The molecule has 3 atom stereocenters. The molecule has 1 aromatic carbocycles. The zero-order chi connectivity index (χ0) is 19.8. The minimum absolute atomic E-state index is 0.0978. The molecule has 2 unspecified atom stereocenters. The third kappa shape index (κ3) is 3.52. The van der Waals surface area contributed by atoms with E-state index in [1.807, 2.05) is 25.1 Å². The maximum absolute atomic E-state index is 12.1. The van der Waals surface area contributed by atoms with Crippen LogP contribution in [0.15, 0.2) is 30.9 Å². The summed E-state index contributed by atoms with van der Waals surface area (Å²) in [6.07, 6.45) is 1.70. The van der Waals surface area contributed by atoms with Crippen LogP contribution in [0, 0.1) is 0 Å². The molecular formula is C21H27N3O4. The summed E-state index contributed by atoms with van der Waals surface area (Å²) in [5.74, 6) is -0.239. The molecule has 0 bridgehead atoms. The van der Waals surface area contributed by atoms with E-state index in [-0.39, 0.29) is 24.2 Å². The number of hydrogen-bond donors (Lipinski definition) is 1. The molecule has 0 radical (unpaired) electrons. The first-order valence-electron chi connectivity index (χ1n) is 9.87. The Morgan fingerprint density at radius 3 is 2.89 bits per heavy atom. The summed E-state index contributed by atoms with van der Waals surface area (Å²) in [5.41, 5.74) is 2.92. The van der Waals surface area contributed by atoms with E-state index in [1.165, 1.54) is 10.5 Å². The maximum Gasteiger partial charge on any atom is 0.407 e. The molecule has 4 rings (SSSR count). The standard InChI is InChI=1S/C21H27N3O4/c1-3-6-23-11-17-12-24(21(26)27)8-7-22(17)13-19(23)15-4-5-18-16(10-15)9-14(2)28-20(18)25/h3-5,10,14,17,19H,1,6-9,11-13H2,2H3,(H,26,27)/t14-,17?,19?/m1/s1. The molecule has 2 saturated heterocycles. The highest BCUT2D eigenvalue weighted by Gasteiger charge is 2.38. The molecule has 0 saturated carbocycles. The molecule has 3 aliphatic rings. The smallest absolute Gasteiger partial charge is 0.407 e. The van der Waals surface area contributed by atoms with E-state index in [2.05, 4.69) is 22.4 Å². The molecule has 1 amide bonds. The van der Waals surface area contributed by atoms with Gasteiger partial charge in [-0.25, -0.2) is 9.59 Å². The van der Waals surface area contributed by atoms with Gasteiger partial charge in [0, 0.05) is 57.8 Å². The molecule has 2 fully saturated rings. The fourth-order valence-corrected chi connectivity index (χ4v) is 4.69. The highest BCUT2D eigenvalue weighted by molar-refractivity contribution is 5.92. The Labute approximate surface area is 165 Å². The number of carbonyl (C=O) groups excluding carboxylic acids is 1. The van der Waals surface area contributed by atoms with Crippen molar-refractivity contribution in [2.24, 2.45) is 0 Å². The third-order valence-electron chi connectivity index (χ3n) is 6.08. The molecule has 0 spiro atoms. The van der Waals surface area contributed by atoms with E-state index in [0.717, 1.165) is 38.2 Å². The molecule has 3 aliphatic heterocycles. The van der Waals surface area contributed by atoms with Crippen molar-refractivity contribution in [1.29, 1.82) is 0 Å². The van der Waals surface area contributed by atoms with Gasteiger partial charge >= 0.3 is 12.1 Å². The van der Waals surface area contributed by atoms with Gasteiger partial charge in [0.05, 0.1) is 5.56 Å². The van der Waals surface area contributed by atoms with Crippen molar-refractivity contribution in [3.63, 3.8) is 0 Å². The van der Waals surface area contributed by atoms with Crippen LogP contribution in [-0.4, -0.2) is 83.3 Å². The lowest BCUT2D eigenvalue weighted by molar-refractivity contribution is -0.0102. The number of carboxylic acid groups (broad SMARTS) is 1. The zero-order valence-electron chi connectivity index (χ0n) is 16.2. The average Bonchev–Trinajstić information content (AvgIpc) is 2.66. The maximum atomic E-state index is 12.1. The third-order valence-corrected chi connectivity index (χ3v) is 6.08. The lowest BCUT2D eigenvalue weighted by Crippen LogP contribution is -2.63. The van der Waals surface area contributed by atoms with Crippen LogP contribution in [0.2, 0.25) is 0 Å². The van der Waals surface area contributed by atoms with Gasteiger partial charge in [0.2, 0.25) is 0 Å². The zero-order valence-corrected chi connectivity index (χ0v) is 16.2. The van der Waals surface area contributed by atoms with Crippen LogP contribution in [0.1, 0.15) is 34.5 Å². The topological polar surface area (TPSA) is 73.3 Å². The van der Waals surface area contributed by atoms with Crippen LogP contribution in [0.5, 0.6) is 0 Å². The molecule has 0 aromatic heterocycles. The van der Waals surface area contributed by atoms with Crippen molar-refractivity contribution in [1.82, 2.24) is 14.7 Å². The number of benzene rings is 1. The van der Waals surface area contributed by atoms with Crippen LogP contribution in [-0.2, 0) is 11.2 Å². The Hall–Kier alpha value is -2.38. The lowest BCUT2D eigenvalue weighted by Gasteiger charge is -2.50. The molecular weight excluding hydrogens is 358 g/mol. The van der Waals surface area contributed by atoms with Crippen LogP contribution in [0.3, 0.4) is 0 Å². The number of fused-ring (bicyclic) bond motifs is 2. The van der Waals surface area contributed by atoms with Gasteiger partial charge in [0.1, 0.15) is 6.10 Å². The van der Waals surface area contributed by atoms with E-state index >= 15 is 0 Å². The fourth-order valence-electron chi connectivity index (χ4n) is 4.69. The van der Waals surface area contributed by atoms with Crippen molar-refractivity contribution in [2.75, 3.05) is 39.3 Å². The summed E-state index contributed by atoms with van der Waals surface area (Å²) in [6, 6.07) is 6.48. The number of esters is 1. The van der Waals surface area contributed by atoms with Crippen molar-refractivity contribution >= 4 is 12.1 Å². The lowest BCUT2D eigenvalue weighted by atomic mass is 9.91. The Morgan fingerprint density at radius 2 is 2.14 bits per heavy atom. The number of ether oxygens (including phenoxy) is 1. The molecule has 150 valence electrons. The predicted octanol–water partition coefficient (Wildman–Crippen LogP) is 1.99. The minimum Gasteiger partial charge on any atom is -0.465 e. The van der Waals surface area contributed by atoms with Crippen molar-refractivity contribution in [2.45, 2.75) is 31.5 Å². The van der Waals surface area contributed by atoms with Gasteiger partial charge in [-0.15, -0.1) is 6.58 Å². The monoisotopic (exact) mass is 385 g/mol. The van der Waals surface area contributed by atoms with Crippen LogP contribution >= 0.6 is 0 Å². The molecule has 1 aromatic rings. The minimum atomic E-state index is -0.840. The van der Waals surface area contributed by atoms with E-state index in [1.54, 1.807) is 0 Å². The Morgan fingerprint density at radius 1 is 1.32 bits per heavy atom. The normalized spacial score (nSPS) is 28.2. The number of rotatable bonds is 3. The molecule has 0 aliphatic carbocycles. The largest absolute Gasteiger partial charge is 0.465 e. The van der Waals surface area contributed by atoms with Crippen LogP contribution < -0.4 is 0 Å². The van der Waals surface area contributed by atoms with E-state index < -0.39 is 6.09 Å². The van der Waals surface area contributed by atoms with Gasteiger partial charge < -0.3 is 14.7 Å². The Bertz CT molecular complexity index is 796. The fraction of sp³-hybridized carbons (Fsp3) is 0.524. The van der Waals surface area contributed by atoms with Crippen molar-refractivity contribution in [3.8, 4) is 0 Å². The van der Waals surface area contributed by atoms with E-state index in [4.69, 9.17) is 4.74 Å². The summed E-state index contributed by atoms with van der Waals surface area (Å²) >= 11 is 0. The summed E-state index contributed by atoms with van der Waals surface area (Å²) < 4.78 is 5.33. The summed E-state index contributed by atoms with van der Waals surface area (Å²) in [5, 5.41) is 9.32. The molecule has 7 nitrogen and oxygen atoms in total. The van der Waals surface area contributed by atoms with E-state index in [9.17, 15) is 14.7 Å². The summed E-state index contributed by atoms with van der Waals surface area (Å²) in [7, 11) is 0. The van der Waals surface area contributed by atoms with Crippen molar-refractivity contribution < 1.29 is 19.4 Å². The number of amides is 1. The molecule has 3 heterocycles. The summed E-state index contributed by atoms with van der Waals surface area (Å²) in [4.78, 5) is 29.8. The predicted molar refractivity (Wildman–Crippen MR) is 104 cm³/mol. The first-order chi connectivity index (χ1) is 13.5. The van der Waals surface area contributed by atoms with Crippen molar-refractivity contribution in [3.05, 3.63) is 47.5 Å². The highest BCUT2D eigenvalue weighted by atomic mass is 16.5. The van der Waals surface area contributed by atoms with Gasteiger partial charge in [-0.1, -0.05) is 18.2 Å².